The van der Waals surface area contributed by atoms with Crippen LogP contribution in [0.5, 0.6) is 0 Å². The van der Waals surface area contributed by atoms with Gasteiger partial charge in [-0.25, -0.2) is 4.39 Å². The largest absolute Gasteiger partial charge is 0.359 e. The number of hydrogen-bond donors (Lipinski definition) is 0. The number of piperidine rings is 1. The topological polar surface area (TPSA) is 62.8 Å². The van der Waals surface area contributed by atoms with Crippen LogP contribution in [0, 0.1) is 17.7 Å². The highest BCUT2D eigenvalue weighted by Crippen LogP contribution is 2.55. The van der Waals surface area contributed by atoms with Crippen molar-refractivity contribution in [2.24, 2.45) is 11.8 Å². The van der Waals surface area contributed by atoms with Crippen molar-refractivity contribution in [2.45, 2.75) is 106 Å². The Kier molecular flexibility index (Phi) is 18.7. The van der Waals surface area contributed by atoms with Gasteiger partial charge in [-0.05, 0) is 76.3 Å². The van der Waals surface area contributed by atoms with Crippen LogP contribution in [0.4, 0.5) is 4.39 Å². The molecule has 2 aromatic rings. The van der Waals surface area contributed by atoms with Gasteiger partial charge in [0.2, 0.25) is 5.91 Å². The number of nitrogens with zero attached hydrogens (tertiary/aromatic N) is 2. The fourth-order valence-electron chi connectivity index (χ4n) is 5.22. The van der Waals surface area contributed by atoms with E-state index in [0.717, 1.165) is 50.6 Å². The second-order valence-corrected chi connectivity index (χ2v) is 12.0. The molecule has 1 aromatic heterocycles. The van der Waals surface area contributed by atoms with Crippen LogP contribution in [-0.4, -0.2) is 40.8 Å². The predicted molar refractivity (Wildman–Crippen MR) is 181 cm³/mol. The Morgan fingerprint density at radius 3 is 2.20 bits per heavy atom. The lowest BCUT2D eigenvalue weighted by molar-refractivity contribution is -0.137. The molecule has 2 saturated heterocycles. The smallest absolute Gasteiger partial charge is 0.225 e. The first-order valence-electron chi connectivity index (χ1n) is 16.0. The SMILES string of the molecule is CC(C)=O.CC/C=C\C(C)=C\CC.CCCCC(CC)C(=O)N1CC(C)C2(c3ccc(F)cc3)OC2C1.Clc1cccnc1. The van der Waals surface area contributed by atoms with Crippen molar-refractivity contribution in [2.75, 3.05) is 13.1 Å². The van der Waals surface area contributed by atoms with Gasteiger partial charge in [0.15, 0.2) is 0 Å². The number of carbonyl (C=O) groups excluding carboxylic acids is 2. The quantitative estimate of drug-likeness (QED) is 0.205. The summed E-state index contributed by atoms with van der Waals surface area (Å²) in [7, 11) is 0. The van der Waals surface area contributed by atoms with Crippen molar-refractivity contribution in [1.82, 2.24) is 9.88 Å². The molecule has 0 radical (unpaired) electrons. The molecule has 4 unspecified atom stereocenters. The molecule has 0 saturated carbocycles. The highest BCUT2D eigenvalue weighted by atomic mass is 35.5. The lowest BCUT2D eigenvalue weighted by atomic mass is 9.80. The Hall–Kier alpha value is -2.83. The van der Waals surface area contributed by atoms with Crippen molar-refractivity contribution >= 4 is 23.3 Å². The van der Waals surface area contributed by atoms with E-state index < -0.39 is 0 Å². The molecule has 4 rings (SSSR count). The molecule has 2 fully saturated rings. The van der Waals surface area contributed by atoms with Crippen LogP contribution < -0.4 is 0 Å². The molecule has 2 aliphatic rings. The zero-order chi connectivity index (χ0) is 33.1. The maximum absolute atomic E-state index is 13.2. The van der Waals surface area contributed by atoms with Crippen LogP contribution in [0.3, 0.4) is 0 Å². The summed E-state index contributed by atoms with van der Waals surface area (Å²) in [5.74, 6) is 0.568. The number of ether oxygens (including phenoxy) is 1. The van der Waals surface area contributed by atoms with Gasteiger partial charge in [0, 0.05) is 30.8 Å². The molecule has 2 aliphatic heterocycles. The van der Waals surface area contributed by atoms with Crippen LogP contribution in [0.25, 0.3) is 0 Å². The number of unbranched alkanes of at least 4 members (excludes halogenated alkanes) is 1. The molecule has 44 heavy (non-hydrogen) atoms. The Bertz CT molecular complexity index is 1170. The number of likely N-dealkylation sites (tertiary alicyclic amines) is 1. The number of ketones is 1. The second kappa shape index (κ2) is 21.0. The average molecular weight is 629 g/mol. The number of pyridine rings is 1. The van der Waals surface area contributed by atoms with Crippen molar-refractivity contribution in [3.8, 4) is 0 Å². The Balaban J connectivity index is 0.000000394. The normalized spacial score (nSPS) is 21.0. The van der Waals surface area contributed by atoms with Crippen molar-refractivity contribution in [3.05, 3.63) is 89.0 Å². The molecule has 1 aromatic carbocycles. The van der Waals surface area contributed by atoms with Gasteiger partial charge in [0.05, 0.1) is 11.6 Å². The number of rotatable bonds is 9. The van der Waals surface area contributed by atoms with Gasteiger partial charge in [-0.15, -0.1) is 0 Å². The summed E-state index contributed by atoms with van der Waals surface area (Å²) in [5.41, 5.74) is 2.08. The average Bonchev–Trinajstić information content (AvgIpc) is 3.74. The first-order valence-corrected chi connectivity index (χ1v) is 16.4. The van der Waals surface area contributed by atoms with Crippen LogP contribution >= 0.6 is 11.6 Å². The summed E-state index contributed by atoms with van der Waals surface area (Å²) >= 11 is 5.48. The van der Waals surface area contributed by atoms with E-state index in [1.807, 2.05) is 17.0 Å². The third-order valence-corrected chi connectivity index (χ3v) is 7.72. The fraction of sp³-hybridized carbons (Fsp3) is 0.541. The molecular weight excluding hydrogens is 575 g/mol. The predicted octanol–water partition coefficient (Wildman–Crippen LogP) is 9.75. The summed E-state index contributed by atoms with van der Waals surface area (Å²) in [4.78, 5) is 28.0. The number of carbonyl (C=O) groups is 2. The van der Waals surface area contributed by atoms with Crippen molar-refractivity contribution in [1.29, 1.82) is 0 Å². The van der Waals surface area contributed by atoms with E-state index in [0.29, 0.717) is 11.6 Å². The van der Waals surface area contributed by atoms with E-state index in [2.05, 4.69) is 64.8 Å². The molecular formula is C37H54ClFN2O3. The molecule has 5 nitrogen and oxygen atoms in total. The molecule has 3 heterocycles. The summed E-state index contributed by atoms with van der Waals surface area (Å²) in [5, 5.41) is 0.683. The monoisotopic (exact) mass is 628 g/mol. The minimum absolute atomic E-state index is 0.0411. The highest BCUT2D eigenvalue weighted by Gasteiger charge is 2.64. The number of halogens is 2. The summed E-state index contributed by atoms with van der Waals surface area (Å²) in [6.45, 7) is 17.3. The van der Waals surface area contributed by atoms with Gasteiger partial charge in [-0.2, -0.15) is 0 Å². The molecule has 0 spiro atoms. The van der Waals surface area contributed by atoms with E-state index in [4.69, 9.17) is 16.3 Å². The van der Waals surface area contributed by atoms with Gasteiger partial charge in [0.1, 0.15) is 23.3 Å². The molecule has 244 valence electrons. The third kappa shape index (κ3) is 13.4. The molecule has 4 atom stereocenters. The minimum Gasteiger partial charge on any atom is -0.359 e. The maximum atomic E-state index is 13.2. The molecule has 0 aliphatic carbocycles. The van der Waals surface area contributed by atoms with Crippen molar-refractivity contribution in [3.63, 3.8) is 0 Å². The number of fused-ring (bicyclic) bond motifs is 1. The zero-order valence-corrected chi connectivity index (χ0v) is 28.9. The van der Waals surface area contributed by atoms with Gasteiger partial charge in [-0.1, -0.05) is 95.0 Å². The van der Waals surface area contributed by atoms with E-state index in [1.54, 1.807) is 24.5 Å². The van der Waals surface area contributed by atoms with Crippen molar-refractivity contribution < 1.29 is 18.7 Å². The number of epoxide rings is 1. The first-order chi connectivity index (χ1) is 21.0. The van der Waals surface area contributed by atoms with E-state index >= 15 is 0 Å². The zero-order valence-electron chi connectivity index (χ0n) is 28.1. The van der Waals surface area contributed by atoms with E-state index in [-0.39, 0.29) is 41.0 Å². The van der Waals surface area contributed by atoms with Gasteiger partial charge < -0.3 is 14.4 Å². The van der Waals surface area contributed by atoms with Crippen LogP contribution in [0.2, 0.25) is 5.02 Å². The number of amides is 1. The van der Waals surface area contributed by atoms with E-state index in [1.165, 1.54) is 31.6 Å². The summed E-state index contributed by atoms with van der Waals surface area (Å²) in [6.07, 6.45) is 16.3. The van der Waals surface area contributed by atoms with Crippen LogP contribution in [0.1, 0.15) is 99.5 Å². The van der Waals surface area contributed by atoms with Crippen LogP contribution in [-0.2, 0) is 19.9 Å². The highest BCUT2D eigenvalue weighted by molar-refractivity contribution is 6.30. The number of aromatic nitrogens is 1. The van der Waals surface area contributed by atoms with Gasteiger partial charge in [-0.3, -0.25) is 9.78 Å². The summed E-state index contributed by atoms with van der Waals surface area (Å²) < 4.78 is 19.3. The summed E-state index contributed by atoms with van der Waals surface area (Å²) in [6, 6.07) is 10.2. The van der Waals surface area contributed by atoms with Crippen LogP contribution in [0.15, 0.2) is 72.6 Å². The first kappa shape index (κ1) is 39.2. The Morgan fingerprint density at radius 1 is 1.09 bits per heavy atom. The molecule has 7 heteroatoms. The number of hydrogen-bond acceptors (Lipinski definition) is 4. The second-order valence-electron chi connectivity index (χ2n) is 11.5. The number of allylic oxidation sites excluding steroid dienone is 4. The number of benzene rings is 1. The minimum atomic E-state index is -0.324. The fourth-order valence-corrected chi connectivity index (χ4v) is 5.35. The van der Waals surface area contributed by atoms with E-state index in [9.17, 15) is 14.0 Å². The molecule has 0 bridgehead atoms. The standard InChI is InChI=1S/C20H28FNO2.C9H16.C5H4ClN.C3H6O/c1-4-6-7-15(5-2)19(23)22-12-14(3)20(18(13-22)24-20)16-8-10-17(21)11-9-16;1-4-6-8-9(3)7-5-2;6-5-2-1-3-7-4-5;1-3(2)4/h8-11,14-15,18H,4-7,12-13H2,1-3H3;6-8H,4-5H2,1-3H3;1-4H;1-2H3/b;8-6-,9-7+;;. The Morgan fingerprint density at radius 2 is 1.75 bits per heavy atom. The third-order valence-electron chi connectivity index (χ3n) is 7.49. The van der Waals surface area contributed by atoms with Gasteiger partial charge in [0.25, 0.3) is 0 Å². The lowest BCUT2D eigenvalue weighted by Crippen LogP contribution is -2.48. The maximum Gasteiger partial charge on any atom is 0.225 e. The van der Waals surface area contributed by atoms with Gasteiger partial charge >= 0.3 is 0 Å². The number of Topliss-reactive ketones (excluding diaryl/α,β-unsaturated/α-hetero) is 1. The Labute approximate surface area is 270 Å². The lowest BCUT2D eigenvalue weighted by Gasteiger charge is -2.35. The molecule has 1 amide bonds. The molecule has 0 N–H and O–H groups in total.